The van der Waals surface area contributed by atoms with Gasteiger partial charge in [-0.25, -0.2) is 14.9 Å². The van der Waals surface area contributed by atoms with Crippen LogP contribution in [0.1, 0.15) is 45.1 Å². The van der Waals surface area contributed by atoms with E-state index >= 15 is 0 Å². The Morgan fingerprint density at radius 2 is 1.75 bits per heavy atom. The fourth-order valence-corrected chi connectivity index (χ4v) is 2.66. The van der Waals surface area contributed by atoms with Gasteiger partial charge in [-0.05, 0) is 38.1 Å². The van der Waals surface area contributed by atoms with Crippen molar-refractivity contribution in [2.75, 3.05) is 18.0 Å². The monoisotopic (exact) mass is 324 g/mol. The van der Waals surface area contributed by atoms with E-state index in [-0.39, 0.29) is 17.2 Å². The van der Waals surface area contributed by atoms with Crippen molar-refractivity contribution in [1.82, 2.24) is 14.9 Å². The van der Waals surface area contributed by atoms with Gasteiger partial charge in [0.2, 0.25) is 0 Å². The maximum atomic E-state index is 12.4. The summed E-state index contributed by atoms with van der Waals surface area (Å²) >= 11 is 0. The Bertz CT molecular complexity index is 778. The minimum Gasteiger partial charge on any atom is -0.339 e. The molecule has 1 aliphatic rings. The Balaban J connectivity index is 1.89. The van der Waals surface area contributed by atoms with Gasteiger partial charge in [0.05, 0.1) is 11.3 Å². The highest BCUT2D eigenvalue weighted by Gasteiger charge is 2.38. The summed E-state index contributed by atoms with van der Waals surface area (Å²) < 4.78 is 0. The fraction of sp³-hybridized carbons (Fsp3) is 0.235. The minimum absolute atomic E-state index is 0.0835. The van der Waals surface area contributed by atoms with Gasteiger partial charge in [-0.3, -0.25) is 14.4 Å². The summed E-state index contributed by atoms with van der Waals surface area (Å²) in [7, 11) is 0. The van der Waals surface area contributed by atoms with Crippen LogP contribution in [0.15, 0.2) is 36.8 Å². The van der Waals surface area contributed by atoms with Crippen molar-refractivity contribution < 1.29 is 14.4 Å². The molecule has 0 saturated carbocycles. The molecular formula is C17H16N4O3. The Morgan fingerprint density at radius 1 is 1.08 bits per heavy atom. The van der Waals surface area contributed by atoms with Gasteiger partial charge < -0.3 is 4.90 Å². The van der Waals surface area contributed by atoms with Gasteiger partial charge in [-0.2, -0.15) is 0 Å². The normalized spacial score (nSPS) is 13.2. The molecule has 1 aromatic heterocycles. The van der Waals surface area contributed by atoms with E-state index < -0.39 is 11.8 Å². The number of carbonyl (C=O) groups is 3. The van der Waals surface area contributed by atoms with E-state index in [0.29, 0.717) is 24.3 Å². The number of imide groups is 1. The van der Waals surface area contributed by atoms with Crippen LogP contribution >= 0.6 is 0 Å². The molecule has 3 amide bonds. The standard InChI is InChI=1S/C17H16N4O3/c1-3-20(4-2)15(22)11-5-7-12(8-6-11)21-16(23)13-9-18-10-19-14(13)17(21)24/h5-10H,3-4H2,1-2H3. The van der Waals surface area contributed by atoms with Crippen molar-refractivity contribution in [3.63, 3.8) is 0 Å². The van der Waals surface area contributed by atoms with E-state index in [9.17, 15) is 14.4 Å². The van der Waals surface area contributed by atoms with Crippen LogP contribution in [0.2, 0.25) is 0 Å². The summed E-state index contributed by atoms with van der Waals surface area (Å²) in [5.74, 6) is -1.03. The van der Waals surface area contributed by atoms with Crippen LogP contribution in [0.25, 0.3) is 0 Å². The molecular weight excluding hydrogens is 308 g/mol. The molecule has 1 aliphatic heterocycles. The summed E-state index contributed by atoms with van der Waals surface area (Å²) in [4.78, 5) is 47.5. The van der Waals surface area contributed by atoms with E-state index in [1.807, 2.05) is 13.8 Å². The van der Waals surface area contributed by atoms with Crippen LogP contribution in [-0.2, 0) is 0 Å². The molecule has 0 bridgehead atoms. The average molecular weight is 324 g/mol. The second kappa shape index (κ2) is 6.19. The number of rotatable bonds is 4. The molecule has 0 radical (unpaired) electrons. The minimum atomic E-state index is -0.486. The number of benzene rings is 1. The smallest absolute Gasteiger partial charge is 0.284 e. The van der Waals surface area contributed by atoms with Gasteiger partial charge in [0.1, 0.15) is 12.0 Å². The van der Waals surface area contributed by atoms with Crippen molar-refractivity contribution >= 4 is 23.4 Å². The summed E-state index contributed by atoms with van der Waals surface area (Å²) in [5, 5.41) is 0. The molecule has 122 valence electrons. The summed E-state index contributed by atoms with van der Waals surface area (Å²) in [6.07, 6.45) is 2.57. The molecule has 0 aliphatic carbocycles. The summed E-state index contributed by atoms with van der Waals surface area (Å²) in [6.45, 7) is 5.06. The zero-order valence-electron chi connectivity index (χ0n) is 13.4. The molecule has 7 heteroatoms. The second-order valence-corrected chi connectivity index (χ2v) is 5.26. The molecule has 0 unspecified atom stereocenters. The predicted molar refractivity (Wildman–Crippen MR) is 86.9 cm³/mol. The first-order valence-electron chi connectivity index (χ1n) is 7.66. The number of hydrogen-bond donors (Lipinski definition) is 0. The largest absolute Gasteiger partial charge is 0.339 e. The van der Waals surface area contributed by atoms with Crippen LogP contribution < -0.4 is 4.90 Å². The Morgan fingerprint density at radius 3 is 2.33 bits per heavy atom. The number of fused-ring (bicyclic) bond motifs is 1. The van der Waals surface area contributed by atoms with Crippen LogP contribution in [0.5, 0.6) is 0 Å². The molecule has 1 aromatic carbocycles. The van der Waals surface area contributed by atoms with Crippen LogP contribution in [-0.4, -0.2) is 45.7 Å². The van der Waals surface area contributed by atoms with Gasteiger partial charge in [0.15, 0.2) is 0 Å². The lowest BCUT2D eigenvalue weighted by atomic mass is 10.1. The highest BCUT2D eigenvalue weighted by molar-refractivity contribution is 6.33. The summed E-state index contributed by atoms with van der Waals surface area (Å²) in [5.41, 5.74) is 1.20. The Labute approximate surface area is 138 Å². The molecule has 24 heavy (non-hydrogen) atoms. The first-order valence-corrected chi connectivity index (χ1v) is 7.66. The van der Waals surface area contributed by atoms with Gasteiger partial charge in [-0.15, -0.1) is 0 Å². The third-order valence-electron chi connectivity index (χ3n) is 3.97. The summed E-state index contributed by atoms with van der Waals surface area (Å²) in [6, 6.07) is 6.41. The molecule has 7 nitrogen and oxygen atoms in total. The number of anilines is 1. The van der Waals surface area contributed by atoms with Crippen molar-refractivity contribution in [2.45, 2.75) is 13.8 Å². The lowest BCUT2D eigenvalue weighted by molar-refractivity contribution is 0.0772. The van der Waals surface area contributed by atoms with Crippen LogP contribution in [0.3, 0.4) is 0 Å². The molecule has 0 atom stereocenters. The van der Waals surface area contributed by atoms with Gasteiger partial charge in [0, 0.05) is 24.8 Å². The lowest BCUT2D eigenvalue weighted by Gasteiger charge is -2.19. The maximum absolute atomic E-state index is 12.4. The van der Waals surface area contributed by atoms with Gasteiger partial charge >= 0.3 is 0 Å². The van der Waals surface area contributed by atoms with Gasteiger partial charge in [0.25, 0.3) is 17.7 Å². The van der Waals surface area contributed by atoms with E-state index in [0.717, 1.165) is 4.90 Å². The number of nitrogens with zero attached hydrogens (tertiary/aromatic N) is 4. The number of hydrogen-bond acceptors (Lipinski definition) is 5. The SMILES string of the molecule is CCN(CC)C(=O)c1ccc(N2C(=O)c3cncnc3C2=O)cc1. The first kappa shape index (κ1) is 15.8. The molecule has 3 rings (SSSR count). The highest BCUT2D eigenvalue weighted by atomic mass is 16.2. The van der Waals surface area contributed by atoms with Crippen molar-refractivity contribution in [3.8, 4) is 0 Å². The topological polar surface area (TPSA) is 83.5 Å². The van der Waals surface area contributed by atoms with Crippen molar-refractivity contribution in [2.24, 2.45) is 0 Å². The number of aromatic nitrogens is 2. The van der Waals surface area contributed by atoms with Gasteiger partial charge in [-0.1, -0.05) is 0 Å². The van der Waals surface area contributed by atoms with Crippen LogP contribution in [0, 0.1) is 0 Å². The van der Waals surface area contributed by atoms with E-state index in [4.69, 9.17) is 0 Å². The lowest BCUT2D eigenvalue weighted by Crippen LogP contribution is -2.31. The third-order valence-corrected chi connectivity index (χ3v) is 3.97. The quantitative estimate of drug-likeness (QED) is 0.800. The molecule has 0 saturated heterocycles. The number of amides is 3. The fourth-order valence-electron chi connectivity index (χ4n) is 2.66. The first-order chi connectivity index (χ1) is 11.6. The zero-order valence-corrected chi connectivity index (χ0v) is 13.4. The molecule has 2 heterocycles. The molecule has 0 N–H and O–H groups in total. The van der Waals surface area contributed by atoms with E-state index in [1.165, 1.54) is 12.5 Å². The highest BCUT2D eigenvalue weighted by Crippen LogP contribution is 2.26. The molecule has 2 aromatic rings. The van der Waals surface area contributed by atoms with Crippen molar-refractivity contribution in [1.29, 1.82) is 0 Å². The molecule has 0 fully saturated rings. The zero-order chi connectivity index (χ0) is 17.3. The Hall–Kier alpha value is -3.09. The average Bonchev–Trinajstić information content (AvgIpc) is 2.87. The predicted octanol–water partition coefficient (Wildman–Crippen LogP) is 1.76. The molecule has 0 spiro atoms. The van der Waals surface area contributed by atoms with Crippen molar-refractivity contribution in [3.05, 3.63) is 53.6 Å². The maximum Gasteiger partial charge on any atom is 0.284 e. The second-order valence-electron chi connectivity index (χ2n) is 5.26. The third kappa shape index (κ3) is 2.44. The van der Waals surface area contributed by atoms with E-state index in [2.05, 4.69) is 9.97 Å². The van der Waals surface area contributed by atoms with Crippen LogP contribution in [0.4, 0.5) is 5.69 Å². The van der Waals surface area contributed by atoms with E-state index in [1.54, 1.807) is 29.2 Å². The number of carbonyl (C=O) groups excluding carboxylic acids is 3. The Kier molecular flexibility index (Phi) is 4.07.